The fourth-order valence-electron chi connectivity index (χ4n) is 7.97. The van der Waals surface area contributed by atoms with Crippen LogP contribution in [0, 0.1) is 15.5 Å². The number of carbonyl (C=O) groups excluding carboxylic acids is 1. The summed E-state index contributed by atoms with van der Waals surface area (Å²) in [4.78, 5) is 24.3. The van der Waals surface area contributed by atoms with Crippen molar-refractivity contribution in [1.82, 2.24) is 4.57 Å². The molecule has 0 amide bonds. The first-order valence-corrected chi connectivity index (χ1v) is 14.9. The van der Waals surface area contributed by atoms with Gasteiger partial charge in [-0.15, -0.1) is 0 Å². The quantitative estimate of drug-likeness (QED) is 0.139. The normalized spacial score (nSPS) is 22.8. The van der Waals surface area contributed by atoms with Crippen LogP contribution in [0.25, 0.3) is 22.2 Å². The molecule has 3 atom stereocenters. The number of methoxy groups -OCH3 is 1. The van der Waals surface area contributed by atoms with Crippen LogP contribution in [0.2, 0.25) is 0 Å². The fraction of sp³-hybridized carbons (Fsp3) is 0.400. The van der Waals surface area contributed by atoms with Gasteiger partial charge in [-0.2, -0.15) is 0 Å². The molecule has 218 valence electrons. The van der Waals surface area contributed by atoms with Crippen LogP contribution in [0.15, 0.2) is 66.7 Å². The fourth-order valence-corrected chi connectivity index (χ4v) is 7.97. The molecule has 1 unspecified atom stereocenters. The Balaban J connectivity index is 1.54. The van der Waals surface area contributed by atoms with Gasteiger partial charge in [-0.1, -0.05) is 57.5 Å². The topological polar surface area (TPSA) is 86.4 Å². The van der Waals surface area contributed by atoms with Crippen molar-refractivity contribution in [3.63, 3.8) is 0 Å². The van der Waals surface area contributed by atoms with Crippen molar-refractivity contribution in [2.24, 2.45) is 5.41 Å². The Hall–Kier alpha value is -4.13. The molecular weight excluding hydrogens is 526 g/mol. The Kier molecular flexibility index (Phi) is 6.87. The van der Waals surface area contributed by atoms with Gasteiger partial charge in [0.2, 0.25) is 0 Å². The Morgan fingerprint density at radius 2 is 1.83 bits per heavy atom. The first kappa shape index (κ1) is 28.0. The van der Waals surface area contributed by atoms with Crippen LogP contribution < -0.4 is 5.32 Å². The molecule has 7 heteroatoms. The molecule has 1 aromatic heterocycles. The number of nitrogens with one attached hydrogen (secondary N) is 1. The van der Waals surface area contributed by atoms with Crippen molar-refractivity contribution >= 4 is 28.2 Å². The Morgan fingerprint density at radius 3 is 2.52 bits per heavy atom. The molecule has 1 fully saturated rings. The van der Waals surface area contributed by atoms with Crippen LogP contribution in [0.3, 0.4) is 0 Å². The van der Waals surface area contributed by atoms with Crippen molar-refractivity contribution in [2.75, 3.05) is 19.0 Å². The van der Waals surface area contributed by atoms with E-state index in [2.05, 4.69) is 80.0 Å². The van der Waals surface area contributed by atoms with Crippen molar-refractivity contribution in [1.29, 1.82) is 0 Å². The molecular formula is C35H39N3O4. The van der Waals surface area contributed by atoms with Gasteiger partial charge in [0.25, 0.3) is 5.69 Å². The summed E-state index contributed by atoms with van der Waals surface area (Å²) in [5.41, 5.74) is 7.51. The van der Waals surface area contributed by atoms with Crippen LogP contribution in [-0.4, -0.2) is 29.1 Å². The highest BCUT2D eigenvalue weighted by molar-refractivity contribution is 5.96. The van der Waals surface area contributed by atoms with Crippen molar-refractivity contribution in [3.05, 3.63) is 93.5 Å². The molecule has 3 aromatic carbocycles. The zero-order valence-electron chi connectivity index (χ0n) is 25.1. The largest absolute Gasteiger partial charge is 0.469 e. The number of nitrogens with zero attached hydrogens (tertiary/aromatic N) is 2. The SMILES string of the molecule is COC(=O)[C@]1(C)CCC[C@]2(C)c3ccc(C(C)C)cc3-c3c(c4ccccc4n3CCNc3ccc([N+](=O)[O-])cc3)C12. The van der Waals surface area contributed by atoms with Crippen molar-refractivity contribution < 1.29 is 14.5 Å². The van der Waals surface area contributed by atoms with Gasteiger partial charge in [0.1, 0.15) is 0 Å². The highest BCUT2D eigenvalue weighted by Gasteiger charge is 2.58. The van der Waals surface area contributed by atoms with Gasteiger partial charge in [-0.05, 0) is 66.6 Å². The lowest BCUT2D eigenvalue weighted by Crippen LogP contribution is -2.50. The average molecular weight is 566 g/mol. The zero-order valence-corrected chi connectivity index (χ0v) is 25.1. The average Bonchev–Trinajstić information content (AvgIpc) is 3.30. The van der Waals surface area contributed by atoms with Crippen LogP contribution in [0.5, 0.6) is 0 Å². The Bertz CT molecular complexity index is 1690. The number of fused-ring (bicyclic) bond motifs is 8. The van der Waals surface area contributed by atoms with Crippen molar-refractivity contribution in [3.8, 4) is 11.3 Å². The third kappa shape index (κ3) is 4.20. The van der Waals surface area contributed by atoms with E-state index in [1.54, 1.807) is 12.1 Å². The number of non-ortho nitro benzene ring substituents is 1. The number of ether oxygens (including phenoxy) is 1. The number of nitro benzene ring substituents is 1. The number of nitro groups is 1. The summed E-state index contributed by atoms with van der Waals surface area (Å²) < 4.78 is 7.91. The molecule has 1 saturated carbocycles. The molecule has 7 nitrogen and oxygen atoms in total. The maximum Gasteiger partial charge on any atom is 0.312 e. The molecule has 1 N–H and O–H groups in total. The first-order chi connectivity index (χ1) is 20.1. The number of rotatable bonds is 7. The van der Waals surface area contributed by atoms with E-state index in [-0.39, 0.29) is 27.9 Å². The van der Waals surface area contributed by atoms with Crippen LogP contribution >= 0.6 is 0 Å². The third-order valence-corrected chi connectivity index (χ3v) is 9.94. The van der Waals surface area contributed by atoms with Gasteiger partial charge < -0.3 is 14.6 Å². The number of hydrogen-bond acceptors (Lipinski definition) is 5. The molecule has 0 saturated heterocycles. The van der Waals surface area contributed by atoms with E-state index in [1.807, 2.05) is 0 Å². The predicted molar refractivity (Wildman–Crippen MR) is 167 cm³/mol. The van der Waals surface area contributed by atoms with Crippen LogP contribution in [0.1, 0.15) is 75.5 Å². The minimum atomic E-state index is -0.656. The standard InChI is InChI=1S/C35H39N3O4/c1-22(2)23-11-16-28-27(21-23)31-30(32-34(28,3)17-8-18-35(32,4)33(39)42-5)26-9-6-7-10-29(26)37(31)20-19-36-24-12-14-25(15-13-24)38(40)41/h6-7,9-16,21-22,32,36H,8,17-20H2,1-5H3/t32?,34-,35-/m1/s1. The third-order valence-electron chi connectivity index (χ3n) is 9.94. The Labute approximate surface area is 247 Å². The maximum absolute atomic E-state index is 13.6. The second kappa shape index (κ2) is 10.3. The number of aromatic nitrogens is 1. The number of anilines is 1. The van der Waals surface area contributed by atoms with E-state index in [1.165, 1.54) is 52.6 Å². The molecule has 0 aliphatic heterocycles. The van der Waals surface area contributed by atoms with Gasteiger partial charge in [0.15, 0.2) is 0 Å². The summed E-state index contributed by atoms with van der Waals surface area (Å²) in [6.07, 6.45) is 2.77. The van der Waals surface area contributed by atoms with E-state index >= 15 is 0 Å². The monoisotopic (exact) mass is 565 g/mol. The minimum absolute atomic E-state index is 0.0348. The maximum atomic E-state index is 13.6. The lowest BCUT2D eigenvalue weighted by atomic mass is 9.49. The summed E-state index contributed by atoms with van der Waals surface area (Å²) >= 11 is 0. The van der Waals surface area contributed by atoms with E-state index in [0.717, 1.165) is 30.5 Å². The Morgan fingerprint density at radius 1 is 1.10 bits per heavy atom. The molecule has 6 rings (SSSR count). The summed E-state index contributed by atoms with van der Waals surface area (Å²) in [6, 6.07) is 22.1. The van der Waals surface area contributed by atoms with Gasteiger partial charge in [-0.3, -0.25) is 14.9 Å². The molecule has 2 aliphatic rings. The summed E-state index contributed by atoms with van der Waals surface area (Å²) in [6.45, 7) is 10.3. The second-order valence-electron chi connectivity index (χ2n) is 12.7. The molecule has 0 spiro atoms. The lowest BCUT2D eigenvalue weighted by Gasteiger charge is -2.54. The number of para-hydroxylation sites is 1. The highest BCUT2D eigenvalue weighted by atomic mass is 16.6. The predicted octanol–water partition coefficient (Wildman–Crippen LogP) is 8.17. The van der Waals surface area contributed by atoms with Gasteiger partial charge in [0.05, 0.1) is 23.1 Å². The van der Waals surface area contributed by atoms with E-state index in [4.69, 9.17) is 4.74 Å². The minimum Gasteiger partial charge on any atom is -0.469 e. The molecule has 1 heterocycles. The molecule has 0 bridgehead atoms. The molecule has 2 aliphatic carbocycles. The summed E-state index contributed by atoms with van der Waals surface area (Å²) in [5, 5.41) is 15.7. The molecule has 0 radical (unpaired) electrons. The van der Waals surface area contributed by atoms with E-state index in [0.29, 0.717) is 19.0 Å². The van der Waals surface area contributed by atoms with E-state index < -0.39 is 5.41 Å². The van der Waals surface area contributed by atoms with Gasteiger partial charge in [0, 0.05) is 58.7 Å². The summed E-state index contributed by atoms with van der Waals surface area (Å²) in [5.74, 6) is 0.216. The van der Waals surface area contributed by atoms with Crippen LogP contribution in [0.4, 0.5) is 11.4 Å². The molecule has 42 heavy (non-hydrogen) atoms. The molecule has 4 aromatic rings. The second-order valence-corrected chi connectivity index (χ2v) is 12.7. The summed E-state index contributed by atoms with van der Waals surface area (Å²) in [7, 11) is 1.51. The van der Waals surface area contributed by atoms with Crippen LogP contribution in [-0.2, 0) is 21.5 Å². The highest BCUT2D eigenvalue weighted by Crippen LogP contribution is 2.65. The van der Waals surface area contributed by atoms with E-state index in [9.17, 15) is 14.9 Å². The lowest BCUT2D eigenvalue weighted by molar-refractivity contribution is -0.384. The number of benzene rings is 3. The number of carbonyl (C=O) groups is 1. The zero-order chi connectivity index (χ0) is 29.8. The number of hydrogen-bond donors (Lipinski definition) is 1. The first-order valence-electron chi connectivity index (χ1n) is 14.9. The van der Waals surface area contributed by atoms with Gasteiger partial charge >= 0.3 is 5.97 Å². The van der Waals surface area contributed by atoms with Gasteiger partial charge in [-0.25, -0.2) is 0 Å². The number of esters is 1. The van der Waals surface area contributed by atoms with Crippen molar-refractivity contribution in [2.45, 2.75) is 70.8 Å². The smallest absolute Gasteiger partial charge is 0.312 e.